The van der Waals surface area contributed by atoms with Crippen LogP contribution in [-0.4, -0.2) is 66.0 Å². The van der Waals surface area contributed by atoms with E-state index in [4.69, 9.17) is 11.0 Å². The zero-order valence-corrected chi connectivity index (χ0v) is 21.3. The fourth-order valence-electron chi connectivity index (χ4n) is 4.26. The molecule has 38 heavy (non-hydrogen) atoms. The van der Waals surface area contributed by atoms with Crippen molar-refractivity contribution in [3.8, 4) is 17.5 Å². The molecule has 2 aromatic carbocycles. The summed E-state index contributed by atoms with van der Waals surface area (Å²) in [6, 6.07) is 18.8. The number of aromatic nitrogens is 2. The lowest BCUT2D eigenvalue weighted by Crippen LogP contribution is -2.48. The van der Waals surface area contributed by atoms with Crippen LogP contribution in [0.15, 0.2) is 60.8 Å². The normalized spacial score (nSPS) is 13.1. The molecule has 0 unspecified atom stereocenters. The van der Waals surface area contributed by atoms with Gasteiger partial charge in [0.1, 0.15) is 12.4 Å². The van der Waals surface area contributed by atoms with E-state index in [1.54, 1.807) is 36.5 Å². The van der Waals surface area contributed by atoms with Gasteiger partial charge in [-0.2, -0.15) is 5.26 Å². The highest BCUT2D eigenvalue weighted by Crippen LogP contribution is 2.23. The topological polar surface area (TPSA) is 140 Å². The third-order valence-corrected chi connectivity index (χ3v) is 6.37. The number of amides is 2. The van der Waals surface area contributed by atoms with E-state index >= 15 is 0 Å². The predicted octanol–water partition coefficient (Wildman–Crippen LogP) is 2.92. The summed E-state index contributed by atoms with van der Waals surface area (Å²) >= 11 is 0. The lowest BCUT2D eigenvalue weighted by atomic mass is 10.1. The Hall–Kier alpha value is -4.49. The Balaban J connectivity index is 1.32. The Kier molecular flexibility index (Phi) is 9.21. The van der Waals surface area contributed by atoms with Crippen LogP contribution in [0.5, 0.6) is 0 Å². The first kappa shape index (κ1) is 26.6. The number of piperazine rings is 1. The van der Waals surface area contributed by atoms with Gasteiger partial charge in [0.05, 0.1) is 6.07 Å². The molecule has 2 heterocycles. The van der Waals surface area contributed by atoms with Crippen LogP contribution in [0.4, 0.5) is 17.2 Å². The van der Waals surface area contributed by atoms with Crippen LogP contribution in [0.3, 0.4) is 0 Å². The SMILES string of the molecule is N#CCNC(=O)c1ccc(-c2nccc(Nc3ccc(N4CCN(C(=O)CCCCN)CC4)cc3)n2)cc1. The summed E-state index contributed by atoms with van der Waals surface area (Å²) in [5.74, 6) is 1.11. The van der Waals surface area contributed by atoms with E-state index < -0.39 is 0 Å². The predicted molar refractivity (Wildman–Crippen MR) is 147 cm³/mol. The van der Waals surface area contributed by atoms with Gasteiger partial charge in [-0.25, -0.2) is 9.97 Å². The maximum Gasteiger partial charge on any atom is 0.252 e. The van der Waals surface area contributed by atoms with E-state index in [0.717, 1.165) is 56.0 Å². The van der Waals surface area contributed by atoms with E-state index in [9.17, 15) is 9.59 Å². The van der Waals surface area contributed by atoms with Crippen LogP contribution < -0.4 is 21.3 Å². The van der Waals surface area contributed by atoms with Gasteiger partial charge < -0.3 is 26.2 Å². The Bertz CT molecular complexity index is 1260. The molecule has 196 valence electrons. The Labute approximate surface area is 222 Å². The molecule has 1 fully saturated rings. The first-order valence-corrected chi connectivity index (χ1v) is 12.8. The van der Waals surface area contributed by atoms with E-state index in [-0.39, 0.29) is 18.4 Å². The molecule has 4 rings (SSSR count). The van der Waals surface area contributed by atoms with Crippen molar-refractivity contribution in [2.24, 2.45) is 5.73 Å². The number of nitrogens with one attached hydrogen (secondary N) is 2. The number of carbonyl (C=O) groups is 2. The minimum atomic E-state index is -0.299. The molecule has 1 aromatic heterocycles. The van der Waals surface area contributed by atoms with Crippen molar-refractivity contribution < 1.29 is 9.59 Å². The maximum atomic E-state index is 12.3. The second kappa shape index (κ2) is 13.2. The molecule has 2 amide bonds. The summed E-state index contributed by atoms with van der Waals surface area (Å²) in [4.78, 5) is 37.5. The molecule has 1 aliphatic rings. The number of hydrogen-bond acceptors (Lipinski definition) is 8. The largest absolute Gasteiger partial charge is 0.368 e. The number of carbonyl (C=O) groups excluding carboxylic acids is 2. The lowest BCUT2D eigenvalue weighted by molar-refractivity contribution is -0.131. The van der Waals surface area contributed by atoms with Crippen LogP contribution in [0.2, 0.25) is 0 Å². The maximum absolute atomic E-state index is 12.3. The molecule has 4 N–H and O–H groups in total. The molecule has 1 aliphatic heterocycles. The van der Waals surface area contributed by atoms with Gasteiger partial charge in [-0.3, -0.25) is 9.59 Å². The van der Waals surface area contributed by atoms with Crippen molar-refractivity contribution in [3.05, 3.63) is 66.4 Å². The Morgan fingerprint density at radius 3 is 2.39 bits per heavy atom. The van der Waals surface area contributed by atoms with Crippen molar-refractivity contribution in [1.82, 2.24) is 20.2 Å². The van der Waals surface area contributed by atoms with Crippen molar-refractivity contribution in [2.45, 2.75) is 19.3 Å². The van der Waals surface area contributed by atoms with Crippen LogP contribution >= 0.6 is 0 Å². The molecule has 3 aromatic rings. The number of nitrogens with two attached hydrogens (primary N) is 1. The van der Waals surface area contributed by atoms with Gasteiger partial charge in [-0.15, -0.1) is 0 Å². The first-order chi connectivity index (χ1) is 18.6. The molecule has 0 saturated carbocycles. The standard InChI is InChI=1S/C28H32N8O2/c29-13-2-1-3-26(37)36-19-17-35(18-20-36)24-10-8-23(9-11-24)33-25-12-15-31-27(34-25)21-4-6-22(7-5-21)28(38)32-16-14-30/h4-12,15H,1-3,13,16-20,29H2,(H,32,38)(H,31,33,34). The Morgan fingerprint density at radius 1 is 0.974 bits per heavy atom. The summed E-state index contributed by atoms with van der Waals surface area (Å²) in [7, 11) is 0. The van der Waals surface area contributed by atoms with Gasteiger partial charge in [-0.1, -0.05) is 12.1 Å². The first-order valence-electron chi connectivity index (χ1n) is 12.8. The molecular formula is C28H32N8O2. The van der Waals surface area contributed by atoms with E-state index in [2.05, 4.69) is 37.6 Å². The number of benzene rings is 2. The molecule has 1 saturated heterocycles. The zero-order valence-electron chi connectivity index (χ0n) is 21.3. The molecule has 0 aliphatic carbocycles. The second-order valence-corrected chi connectivity index (χ2v) is 8.97. The van der Waals surface area contributed by atoms with Crippen LogP contribution in [-0.2, 0) is 4.79 Å². The van der Waals surface area contributed by atoms with Crippen molar-refractivity contribution >= 4 is 29.0 Å². The zero-order chi connectivity index (χ0) is 26.7. The van der Waals surface area contributed by atoms with Gasteiger partial charge in [0.15, 0.2) is 5.82 Å². The monoisotopic (exact) mass is 512 g/mol. The third kappa shape index (κ3) is 7.05. The van der Waals surface area contributed by atoms with Crippen molar-refractivity contribution in [1.29, 1.82) is 5.26 Å². The van der Waals surface area contributed by atoms with Gasteiger partial charge in [0.25, 0.3) is 5.91 Å². The number of rotatable bonds is 10. The minimum absolute atomic E-state index is 0.0357. The number of unbranched alkanes of at least 4 members (excludes halogenated alkanes) is 1. The molecule has 0 atom stereocenters. The molecule has 10 nitrogen and oxygen atoms in total. The molecule has 0 bridgehead atoms. The number of nitrogens with zero attached hydrogens (tertiary/aromatic N) is 5. The number of anilines is 3. The fraction of sp³-hybridized carbons (Fsp3) is 0.321. The van der Waals surface area contributed by atoms with Gasteiger partial charge >= 0.3 is 0 Å². The highest BCUT2D eigenvalue weighted by atomic mass is 16.2. The van der Waals surface area contributed by atoms with E-state index in [1.807, 2.05) is 23.1 Å². The summed E-state index contributed by atoms with van der Waals surface area (Å²) in [6.07, 6.45) is 4.01. The summed E-state index contributed by atoms with van der Waals surface area (Å²) in [5, 5.41) is 14.4. The number of hydrogen-bond donors (Lipinski definition) is 3. The average Bonchev–Trinajstić information content (AvgIpc) is 2.97. The molecular weight excluding hydrogens is 480 g/mol. The quantitative estimate of drug-likeness (QED) is 0.278. The van der Waals surface area contributed by atoms with Gasteiger partial charge in [-0.05, 0) is 61.9 Å². The van der Waals surface area contributed by atoms with Crippen LogP contribution in [0, 0.1) is 11.3 Å². The molecule has 0 radical (unpaired) electrons. The smallest absolute Gasteiger partial charge is 0.252 e. The average molecular weight is 513 g/mol. The highest BCUT2D eigenvalue weighted by molar-refractivity contribution is 5.94. The van der Waals surface area contributed by atoms with Crippen molar-refractivity contribution in [2.75, 3.05) is 49.5 Å². The van der Waals surface area contributed by atoms with E-state index in [0.29, 0.717) is 30.2 Å². The summed E-state index contributed by atoms with van der Waals surface area (Å²) < 4.78 is 0. The highest BCUT2D eigenvalue weighted by Gasteiger charge is 2.20. The molecule has 0 spiro atoms. The van der Waals surface area contributed by atoms with Gasteiger partial charge in [0.2, 0.25) is 5.91 Å². The number of nitriles is 1. The Morgan fingerprint density at radius 2 is 1.71 bits per heavy atom. The lowest BCUT2D eigenvalue weighted by Gasteiger charge is -2.36. The summed E-state index contributed by atoms with van der Waals surface area (Å²) in [6.45, 7) is 3.68. The summed E-state index contributed by atoms with van der Waals surface area (Å²) in [5.41, 5.74) is 8.78. The van der Waals surface area contributed by atoms with Gasteiger partial charge in [0, 0.05) is 61.3 Å². The third-order valence-electron chi connectivity index (χ3n) is 6.37. The second-order valence-electron chi connectivity index (χ2n) is 8.97. The van der Waals surface area contributed by atoms with Crippen molar-refractivity contribution in [3.63, 3.8) is 0 Å². The van der Waals surface area contributed by atoms with Crippen LogP contribution in [0.25, 0.3) is 11.4 Å². The van der Waals surface area contributed by atoms with Crippen LogP contribution in [0.1, 0.15) is 29.6 Å². The fourth-order valence-corrected chi connectivity index (χ4v) is 4.26. The minimum Gasteiger partial charge on any atom is -0.368 e. The van der Waals surface area contributed by atoms with E-state index in [1.165, 1.54) is 0 Å². The molecule has 10 heteroatoms.